The van der Waals surface area contributed by atoms with E-state index in [2.05, 4.69) is 158 Å². The number of hydrogen-bond donors (Lipinski definition) is 4. The number of allylic oxidation sites excluding steroid dienone is 8. The van der Waals surface area contributed by atoms with Gasteiger partial charge < -0.3 is 39.4 Å². The molecule has 8 aromatic rings. The molecule has 4 N–H and O–H groups in total. The van der Waals surface area contributed by atoms with Gasteiger partial charge in [-0.2, -0.15) is 0 Å². The molecule has 121 heavy (non-hydrogen) atoms. The number of carbonyl (C=O) groups is 4. The normalized spacial score (nSPS) is 12.2. The van der Waals surface area contributed by atoms with Crippen LogP contribution in [0.4, 0.5) is 13.2 Å². The number of ether oxygens (including phenoxy) is 4. The van der Waals surface area contributed by atoms with Crippen LogP contribution in [0.2, 0.25) is 0 Å². The van der Waals surface area contributed by atoms with E-state index in [0.717, 1.165) is 113 Å². The molecule has 0 aliphatic carbocycles. The topological polar surface area (TPSA) is 186 Å². The Balaban J connectivity index is 0.000000287. The van der Waals surface area contributed by atoms with Crippen molar-refractivity contribution in [2.75, 3.05) is 33.1 Å². The molecule has 0 atom stereocenters. The third kappa shape index (κ3) is 31.6. The Morgan fingerprint density at radius 1 is 0.331 bits per heavy atom. The van der Waals surface area contributed by atoms with Crippen LogP contribution in [-0.2, 0) is 19.2 Å². The van der Waals surface area contributed by atoms with Crippen molar-refractivity contribution in [1.82, 2.24) is 0 Å². The summed E-state index contributed by atoms with van der Waals surface area (Å²) in [5.41, 5.74) is 23.8. The fourth-order valence-corrected chi connectivity index (χ4v) is 13.3. The first kappa shape index (κ1) is 100. The summed E-state index contributed by atoms with van der Waals surface area (Å²) < 4.78 is 63.0. The van der Waals surface area contributed by atoms with Gasteiger partial charge in [-0.15, -0.1) is 0 Å². The van der Waals surface area contributed by atoms with E-state index in [1.165, 1.54) is 46.0 Å². The van der Waals surface area contributed by atoms with Crippen LogP contribution in [0.3, 0.4) is 0 Å². The van der Waals surface area contributed by atoms with Gasteiger partial charge in [-0.1, -0.05) is 288 Å². The van der Waals surface area contributed by atoms with Gasteiger partial charge in [0.15, 0.2) is 0 Å². The monoisotopic (exact) mass is 1650 g/mol. The van der Waals surface area contributed by atoms with Crippen molar-refractivity contribution >= 4 is 48.2 Å². The number of carboxylic acid groups (broad SMARTS) is 4. The molecular formula is C106H129F3O12. The highest BCUT2D eigenvalue weighted by atomic mass is 19.3. The molecule has 0 heterocycles. The number of halogens is 3. The molecule has 0 saturated carbocycles. The summed E-state index contributed by atoms with van der Waals surface area (Å²) in [7, 11) is 0. The van der Waals surface area contributed by atoms with Crippen molar-refractivity contribution < 1.29 is 71.7 Å². The van der Waals surface area contributed by atoms with Gasteiger partial charge in [0.05, 0.1) is 26.5 Å². The van der Waals surface area contributed by atoms with Crippen molar-refractivity contribution in [3.05, 3.63) is 283 Å². The number of aliphatic carboxylic acids is 4. The summed E-state index contributed by atoms with van der Waals surface area (Å²) in [6, 6.07) is 49.4. The highest BCUT2D eigenvalue weighted by Crippen LogP contribution is 2.47. The Kier molecular flexibility index (Phi) is 41.3. The molecule has 0 aromatic heterocycles. The van der Waals surface area contributed by atoms with E-state index in [4.69, 9.17) is 39.4 Å². The zero-order valence-electron chi connectivity index (χ0n) is 75.1. The molecule has 0 unspecified atom stereocenters. The van der Waals surface area contributed by atoms with Crippen molar-refractivity contribution in [2.45, 2.75) is 219 Å². The Morgan fingerprint density at radius 3 is 0.785 bits per heavy atom. The predicted octanol–water partition coefficient (Wildman–Crippen LogP) is 29.1. The highest BCUT2D eigenvalue weighted by Gasteiger charge is 2.25. The third-order valence-electron chi connectivity index (χ3n) is 19.8. The molecule has 0 saturated heterocycles. The number of carboxylic acids is 4. The van der Waals surface area contributed by atoms with E-state index in [1.807, 2.05) is 148 Å². The SMILES string of the molecule is CC(/C=C/c1ccccc1-c1cc(C(C)C)cc(C(C)C)c1OCC(F)F)=C\C(=O)O.CC(/C=C/c1ccccc1-c1cc(C(C)C)cc(C(C)C)c1OCCCF)=C\C(=O)O.CCCOc1c(-c2ccccc2/C=C/C(C)=C/C(=O)O)cc(C(C)C)cc1C(C)C.CCOc1c(-c2ccccc2/C=C/C(C)=C/C(=O)O)cc(C(C)C)cc1C(C)C. The van der Waals surface area contributed by atoms with Gasteiger partial charge in [0, 0.05) is 53.0 Å². The Morgan fingerprint density at radius 2 is 0.570 bits per heavy atom. The van der Waals surface area contributed by atoms with E-state index in [-0.39, 0.29) is 17.8 Å². The summed E-state index contributed by atoms with van der Waals surface area (Å²) in [6.07, 6.45) is 18.4. The molecule has 0 spiro atoms. The molecule has 0 fully saturated rings. The maximum atomic E-state index is 13.0. The second-order valence-electron chi connectivity index (χ2n) is 32.6. The van der Waals surface area contributed by atoms with Crippen LogP contribution in [0.5, 0.6) is 23.0 Å². The molecule has 15 heteroatoms. The van der Waals surface area contributed by atoms with Crippen LogP contribution in [0, 0.1) is 0 Å². The number of alkyl halides is 3. The first-order chi connectivity index (χ1) is 57.3. The van der Waals surface area contributed by atoms with Gasteiger partial charge in [-0.3, -0.25) is 4.39 Å². The quantitative estimate of drug-likeness (QED) is 0.0166. The summed E-state index contributed by atoms with van der Waals surface area (Å²) in [5.74, 6) is 1.75. The minimum atomic E-state index is -2.57. The first-order valence-corrected chi connectivity index (χ1v) is 42.1. The molecule has 8 rings (SSSR count). The molecule has 646 valence electrons. The Bertz CT molecular complexity index is 5030. The van der Waals surface area contributed by atoms with Crippen LogP contribution in [0.25, 0.3) is 68.8 Å². The van der Waals surface area contributed by atoms with Crippen molar-refractivity contribution in [1.29, 1.82) is 0 Å². The van der Waals surface area contributed by atoms with Gasteiger partial charge in [-0.05, 0) is 224 Å². The number of benzene rings is 8. The summed E-state index contributed by atoms with van der Waals surface area (Å²) >= 11 is 0. The molecule has 0 amide bonds. The fourth-order valence-electron chi connectivity index (χ4n) is 13.3. The Labute approximate surface area is 718 Å². The van der Waals surface area contributed by atoms with Gasteiger partial charge in [0.25, 0.3) is 6.43 Å². The minimum absolute atomic E-state index is 0.0913. The zero-order chi connectivity index (χ0) is 89.9. The molecule has 0 aliphatic heterocycles. The number of rotatable bonds is 36. The number of hydrogen-bond acceptors (Lipinski definition) is 8. The maximum absolute atomic E-state index is 13.0. The van der Waals surface area contributed by atoms with Gasteiger partial charge in [-0.25, -0.2) is 28.0 Å². The largest absolute Gasteiger partial charge is 0.493 e. The van der Waals surface area contributed by atoms with Crippen molar-refractivity contribution in [3.63, 3.8) is 0 Å². The standard InChI is InChI=1S/C27H33FO3.C27H34O3.C26H30F2O3.C26H32O3/c1-18(2)22-16-24(19(3)4)27(31-14-8-13-28)25(17-22)23-10-7-6-9-21(23)12-11-20(5)15-26(29)30;1-7-14-30-27-24(19(4)5)16-22(18(2)3)17-25(27)23-11-9-8-10-21(23)13-12-20(6)15-26(28)29;1-16(2)20-13-22(17(3)4)26(31-15-24(27)28)23(14-20)21-9-7-6-8-19(21)11-10-18(5)12-25(29)30;1-7-29-26-23(18(4)5)15-21(17(2)3)16-24(26)22-11-9-8-10-20(22)13-12-19(6)14-25(27)28/h6-7,9-12,15-19H,8,13-14H2,1-5H3,(H,29,30);8-13,15-19H,7,14H2,1-6H3,(H,28,29);6-14,16-17,24H,15H2,1-5H3,(H,29,30);8-18H,7H2,1-6H3,(H,27,28)/b12-11+,20-15+;13-12+,20-15+;11-10+,18-12+;13-12+,19-14+. The Hall–Kier alpha value is -11.5. The lowest BCUT2D eigenvalue weighted by Crippen LogP contribution is -2.11. The maximum Gasteiger partial charge on any atom is 0.328 e. The third-order valence-corrected chi connectivity index (χ3v) is 19.8. The predicted molar refractivity (Wildman–Crippen MR) is 496 cm³/mol. The molecular weight excluding hydrogens is 1520 g/mol. The van der Waals surface area contributed by atoms with Gasteiger partial charge >= 0.3 is 23.9 Å². The average Bonchev–Trinajstić information content (AvgIpc) is 0.800. The van der Waals surface area contributed by atoms with E-state index < -0.39 is 43.6 Å². The lowest BCUT2D eigenvalue weighted by atomic mass is 9.88. The lowest BCUT2D eigenvalue weighted by molar-refractivity contribution is -0.132. The van der Waals surface area contributed by atoms with Crippen LogP contribution in [-0.4, -0.2) is 83.8 Å². The van der Waals surface area contributed by atoms with E-state index in [1.54, 1.807) is 39.8 Å². The molecule has 12 nitrogen and oxygen atoms in total. The smallest absolute Gasteiger partial charge is 0.328 e. The summed E-state index contributed by atoms with van der Waals surface area (Å²) in [4.78, 5) is 43.7. The molecule has 0 aliphatic rings. The molecule has 8 aromatic carbocycles. The lowest BCUT2D eigenvalue weighted by Gasteiger charge is -2.22. The molecule has 0 radical (unpaired) electrons. The highest BCUT2D eigenvalue weighted by molar-refractivity contribution is 5.88. The first-order valence-electron chi connectivity index (χ1n) is 42.1. The van der Waals surface area contributed by atoms with E-state index in [9.17, 15) is 32.3 Å². The average molecular weight is 1650 g/mol. The summed E-state index contributed by atoms with van der Waals surface area (Å²) in [5, 5.41) is 35.8. The zero-order valence-corrected chi connectivity index (χ0v) is 75.1. The van der Waals surface area contributed by atoms with Crippen LogP contribution >= 0.6 is 0 Å². The van der Waals surface area contributed by atoms with Crippen LogP contribution in [0.1, 0.15) is 279 Å². The van der Waals surface area contributed by atoms with Gasteiger partial charge in [0.2, 0.25) is 0 Å². The fraction of sp³-hybridized carbons (Fsp3) is 0.358. The van der Waals surface area contributed by atoms with Gasteiger partial charge in [0.1, 0.15) is 29.6 Å². The molecule has 0 bridgehead atoms. The van der Waals surface area contributed by atoms with Crippen molar-refractivity contribution in [2.24, 2.45) is 0 Å². The second-order valence-corrected chi connectivity index (χ2v) is 32.6. The van der Waals surface area contributed by atoms with Crippen molar-refractivity contribution in [3.8, 4) is 67.5 Å². The van der Waals surface area contributed by atoms with E-state index in [0.29, 0.717) is 83.9 Å². The second kappa shape index (κ2) is 49.9. The van der Waals surface area contributed by atoms with Crippen LogP contribution in [0.15, 0.2) is 216 Å². The minimum Gasteiger partial charge on any atom is -0.493 e. The summed E-state index contributed by atoms with van der Waals surface area (Å²) in [6.45, 7) is 46.1. The van der Waals surface area contributed by atoms with Crippen LogP contribution < -0.4 is 18.9 Å². The van der Waals surface area contributed by atoms with E-state index >= 15 is 0 Å².